The summed E-state index contributed by atoms with van der Waals surface area (Å²) < 4.78 is 22.1. The highest BCUT2D eigenvalue weighted by atomic mass is 16.8. The fourth-order valence-electron chi connectivity index (χ4n) is 1.72. The van der Waals surface area contributed by atoms with Crippen LogP contribution in [0.15, 0.2) is 18.2 Å². The van der Waals surface area contributed by atoms with Gasteiger partial charge in [-0.3, -0.25) is 0 Å². The first-order valence-corrected chi connectivity index (χ1v) is 5.25. The number of aromatic hydroxyl groups is 1. The second kappa shape index (κ2) is 3.78. The fraction of sp³-hybridized carbons (Fsp3) is 0.500. The van der Waals surface area contributed by atoms with Crippen molar-refractivity contribution in [3.8, 4) is 17.2 Å². The van der Waals surface area contributed by atoms with Crippen molar-refractivity contribution in [3.05, 3.63) is 18.2 Å². The van der Waals surface area contributed by atoms with Gasteiger partial charge in [0.15, 0.2) is 11.5 Å². The normalized spacial score (nSPS) is 31.3. The molecule has 0 amide bonds. The van der Waals surface area contributed by atoms with E-state index in [-0.39, 0.29) is 5.75 Å². The second-order valence-electron chi connectivity index (χ2n) is 4.13. The van der Waals surface area contributed by atoms with Crippen molar-refractivity contribution in [1.82, 2.24) is 0 Å². The van der Waals surface area contributed by atoms with Gasteiger partial charge in [0.05, 0.1) is 0 Å². The Labute approximate surface area is 99.9 Å². The summed E-state index contributed by atoms with van der Waals surface area (Å²) in [5.74, 6) is -1.13. The van der Waals surface area contributed by atoms with E-state index in [2.05, 4.69) is 0 Å². The number of hydrogen-bond donors (Lipinski definition) is 1. The lowest BCUT2D eigenvalue weighted by Crippen LogP contribution is -2.62. The Balaban J connectivity index is 2.47. The molecule has 1 aliphatic heterocycles. The lowest BCUT2D eigenvalue weighted by molar-refractivity contribution is -0.345. The first-order valence-electron chi connectivity index (χ1n) is 5.25. The van der Waals surface area contributed by atoms with Crippen molar-refractivity contribution in [1.29, 1.82) is 0 Å². The lowest BCUT2D eigenvalue weighted by Gasteiger charge is -2.46. The average Bonchev–Trinajstić information content (AvgIpc) is 2.31. The Kier molecular flexibility index (Phi) is 2.67. The van der Waals surface area contributed by atoms with Crippen LogP contribution in [-0.4, -0.2) is 30.9 Å². The molecule has 1 heterocycles. The Morgan fingerprint density at radius 3 is 2.06 bits per heavy atom. The molecule has 0 saturated heterocycles. The first-order chi connectivity index (χ1) is 7.94. The van der Waals surface area contributed by atoms with E-state index < -0.39 is 11.6 Å². The third-order valence-electron chi connectivity index (χ3n) is 3.14. The summed E-state index contributed by atoms with van der Waals surface area (Å²) in [7, 11) is 3.03. The smallest absolute Gasteiger partial charge is 0.273 e. The number of hydrogen-bond acceptors (Lipinski definition) is 5. The maximum absolute atomic E-state index is 9.41. The molecule has 0 spiro atoms. The molecule has 2 rings (SSSR count). The number of phenols is 1. The van der Waals surface area contributed by atoms with Crippen LogP contribution in [0.4, 0.5) is 0 Å². The van der Waals surface area contributed by atoms with Crippen LogP contribution in [0.5, 0.6) is 17.2 Å². The summed E-state index contributed by atoms with van der Waals surface area (Å²) in [6, 6.07) is 4.62. The molecule has 1 aromatic carbocycles. The number of fused-ring (bicyclic) bond motifs is 1. The van der Waals surface area contributed by atoms with E-state index in [4.69, 9.17) is 18.9 Å². The maximum Gasteiger partial charge on any atom is 0.273 e. The van der Waals surface area contributed by atoms with Gasteiger partial charge in [0.2, 0.25) is 0 Å². The summed E-state index contributed by atoms with van der Waals surface area (Å²) in [4.78, 5) is 0. The predicted molar refractivity (Wildman–Crippen MR) is 60.2 cm³/mol. The highest BCUT2D eigenvalue weighted by Crippen LogP contribution is 2.45. The Morgan fingerprint density at radius 1 is 1.00 bits per heavy atom. The molecule has 0 aromatic heterocycles. The maximum atomic E-state index is 9.41. The molecule has 0 radical (unpaired) electrons. The van der Waals surface area contributed by atoms with E-state index in [0.29, 0.717) is 11.5 Å². The van der Waals surface area contributed by atoms with Crippen LogP contribution in [0.2, 0.25) is 0 Å². The summed E-state index contributed by atoms with van der Waals surface area (Å²) in [5.41, 5.74) is 0. The van der Waals surface area contributed by atoms with E-state index >= 15 is 0 Å². The third-order valence-corrected chi connectivity index (χ3v) is 3.14. The monoisotopic (exact) mass is 240 g/mol. The summed E-state index contributed by atoms with van der Waals surface area (Å²) in [5, 5.41) is 9.41. The fourth-order valence-corrected chi connectivity index (χ4v) is 1.72. The average molecular weight is 240 g/mol. The molecule has 2 atom stereocenters. The van der Waals surface area contributed by atoms with Crippen molar-refractivity contribution in [2.24, 2.45) is 0 Å². The molecule has 5 heteroatoms. The van der Waals surface area contributed by atoms with E-state index in [0.717, 1.165) is 0 Å². The first kappa shape index (κ1) is 12.0. The molecule has 94 valence electrons. The van der Waals surface area contributed by atoms with E-state index in [1.807, 2.05) is 0 Å². The van der Waals surface area contributed by atoms with Gasteiger partial charge in [0.1, 0.15) is 5.75 Å². The highest BCUT2D eigenvalue weighted by Gasteiger charge is 2.54. The van der Waals surface area contributed by atoms with Gasteiger partial charge >= 0.3 is 0 Å². The van der Waals surface area contributed by atoms with Crippen LogP contribution in [-0.2, 0) is 9.47 Å². The molecular formula is C12H16O5. The van der Waals surface area contributed by atoms with Crippen LogP contribution in [0.1, 0.15) is 13.8 Å². The largest absolute Gasteiger partial charge is 0.508 e. The van der Waals surface area contributed by atoms with Gasteiger partial charge in [-0.2, -0.15) is 0 Å². The SMILES string of the molecule is COC1(C)Oc2ccc(O)cc2OC1(C)OC. The van der Waals surface area contributed by atoms with Crippen LogP contribution < -0.4 is 9.47 Å². The zero-order valence-corrected chi connectivity index (χ0v) is 10.3. The number of ether oxygens (including phenoxy) is 4. The van der Waals surface area contributed by atoms with Crippen LogP contribution in [0.25, 0.3) is 0 Å². The predicted octanol–water partition coefficient (Wildman–Crippen LogP) is 1.89. The van der Waals surface area contributed by atoms with Crippen LogP contribution in [0, 0.1) is 0 Å². The van der Waals surface area contributed by atoms with Gasteiger partial charge in [-0.25, -0.2) is 0 Å². The standard InChI is InChI=1S/C12H16O5/c1-11(14-3)12(2,15-4)17-10-7-8(13)5-6-9(10)16-11/h5-7,13H,1-4H3. The molecule has 2 unspecified atom stereocenters. The van der Waals surface area contributed by atoms with Gasteiger partial charge in [0.25, 0.3) is 11.6 Å². The number of methoxy groups -OCH3 is 2. The van der Waals surface area contributed by atoms with Gasteiger partial charge in [-0.1, -0.05) is 0 Å². The topological polar surface area (TPSA) is 57.2 Å². The molecule has 5 nitrogen and oxygen atoms in total. The molecular weight excluding hydrogens is 224 g/mol. The Hall–Kier alpha value is -1.46. The third kappa shape index (κ3) is 1.71. The molecule has 1 N–H and O–H groups in total. The van der Waals surface area contributed by atoms with Crippen molar-refractivity contribution in [2.75, 3.05) is 14.2 Å². The lowest BCUT2D eigenvalue weighted by atomic mass is 10.1. The van der Waals surface area contributed by atoms with E-state index in [1.165, 1.54) is 26.4 Å². The molecule has 0 bridgehead atoms. The minimum Gasteiger partial charge on any atom is -0.508 e. The van der Waals surface area contributed by atoms with Gasteiger partial charge < -0.3 is 24.1 Å². The molecule has 1 aromatic rings. The van der Waals surface area contributed by atoms with Gasteiger partial charge in [-0.05, 0) is 12.1 Å². The van der Waals surface area contributed by atoms with Crippen molar-refractivity contribution in [2.45, 2.75) is 25.4 Å². The summed E-state index contributed by atoms with van der Waals surface area (Å²) in [6.07, 6.45) is 0. The van der Waals surface area contributed by atoms with Crippen LogP contribution in [0.3, 0.4) is 0 Å². The summed E-state index contributed by atoms with van der Waals surface area (Å²) >= 11 is 0. The second-order valence-corrected chi connectivity index (χ2v) is 4.13. The van der Waals surface area contributed by atoms with Gasteiger partial charge in [0, 0.05) is 34.1 Å². The quantitative estimate of drug-likeness (QED) is 0.855. The number of benzene rings is 1. The molecule has 17 heavy (non-hydrogen) atoms. The summed E-state index contributed by atoms with van der Waals surface area (Å²) in [6.45, 7) is 3.44. The minimum atomic E-state index is -1.09. The van der Waals surface area contributed by atoms with Crippen LogP contribution >= 0.6 is 0 Å². The van der Waals surface area contributed by atoms with E-state index in [9.17, 15) is 5.11 Å². The Bertz CT molecular complexity index is 433. The van der Waals surface area contributed by atoms with Crippen molar-refractivity contribution in [3.63, 3.8) is 0 Å². The van der Waals surface area contributed by atoms with Gasteiger partial charge in [-0.15, -0.1) is 0 Å². The Morgan fingerprint density at radius 2 is 1.53 bits per heavy atom. The van der Waals surface area contributed by atoms with E-state index in [1.54, 1.807) is 19.9 Å². The molecule has 0 saturated carbocycles. The molecule has 0 aliphatic carbocycles. The van der Waals surface area contributed by atoms with Crippen molar-refractivity contribution < 1.29 is 24.1 Å². The van der Waals surface area contributed by atoms with Crippen molar-refractivity contribution >= 4 is 0 Å². The minimum absolute atomic E-state index is 0.104. The zero-order chi connectivity index (χ0) is 12.7. The number of rotatable bonds is 2. The zero-order valence-electron chi connectivity index (χ0n) is 10.3. The number of phenolic OH excluding ortho intramolecular Hbond substituents is 1. The molecule has 1 aliphatic rings. The molecule has 0 fully saturated rings. The highest BCUT2D eigenvalue weighted by molar-refractivity contribution is 5.47.